The van der Waals surface area contributed by atoms with Gasteiger partial charge in [0.2, 0.25) is 0 Å². The number of alkyl carbamates (subject to hydrolysis) is 1. The van der Waals surface area contributed by atoms with Crippen LogP contribution >= 0.6 is 0 Å². The highest BCUT2D eigenvalue weighted by Crippen LogP contribution is 2.11. The number of ether oxygens (including phenoxy) is 1. The van der Waals surface area contributed by atoms with Crippen molar-refractivity contribution in [1.82, 2.24) is 5.32 Å². The van der Waals surface area contributed by atoms with Gasteiger partial charge in [-0.2, -0.15) is 0 Å². The van der Waals surface area contributed by atoms with Crippen LogP contribution in [0.15, 0.2) is 48.5 Å². The maximum absolute atomic E-state index is 11.9. The Balaban J connectivity index is 1.95. The predicted octanol–water partition coefficient (Wildman–Crippen LogP) is 3.23. The van der Waals surface area contributed by atoms with Crippen molar-refractivity contribution < 1.29 is 19.4 Å². The lowest BCUT2D eigenvalue weighted by molar-refractivity contribution is -0.139. The molecule has 2 rings (SSSR count). The predicted molar refractivity (Wildman–Crippen MR) is 90.8 cm³/mol. The summed E-state index contributed by atoms with van der Waals surface area (Å²) < 4.78 is 5.08. The van der Waals surface area contributed by atoms with E-state index in [1.807, 2.05) is 62.4 Å². The summed E-state index contributed by atoms with van der Waals surface area (Å²) in [5.74, 6) is -1.09. The number of amides is 1. The minimum absolute atomic E-state index is 0.0998. The molecule has 0 heterocycles. The van der Waals surface area contributed by atoms with Gasteiger partial charge in [0.05, 0.1) is 0 Å². The van der Waals surface area contributed by atoms with Crippen LogP contribution in [0.3, 0.4) is 0 Å². The average molecular weight is 327 g/mol. The van der Waals surface area contributed by atoms with E-state index >= 15 is 0 Å². The van der Waals surface area contributed by atoms with Gasteiger partial charge in [0.25, 0.3) is 0 Å². The fraction of sp³-hybridized carbons (Fsp3) is 0.263. The van der Waals surface area contributed by atoms with Gasteiger partial charge in [-0.05, 0) is 25.0 Å². The van der Waals surface area contributed by atoms with Gasteiger partial charge in [-0.1, -0.05) is 59.7 Å². The zero-order valence-electron chi connectivity index (χ0n) is 13.8. The van der Waals surface area contributed by atoms with Gasteiger partial charge >= 0.3 is 12.1 Å². The molecule has 1 atom stereocenters. The molecule has 0 aliphatic rings. The molecule has 0 aromatic heterocycles. The molecule has 0 unspecified atom stereocenters. The first kappa shape index (κ1) is 17.5. The van der Waals surface area contributed by atoms with Gasteiger partial charge < -0.3 is 15.2 Å². The third-order valence-electron chi connectivity index (χ3n) is 3.52. The molecule has 0 aliphatic heterocycles. The first-order valence-corrected chi connectivity index (χ1v) is 7.71. The molecule has 126 valence electrons. The number of rotatable bonds is 6. The summed E-state index contributed by atoms with van der Waals surface area (Å²) >= 11 is 0. The second-order valence-electron chi connectivity index (χ2n) is 5.80. The molecule has 0 saturated carbocycles. The molecule has 0 bridgehead atoms. The van der Waals surface area contributed by atoms with Gasteiger partial charge in [-0.3, -0.25) is 0 Å². The summed E-state index contributed by atoms with van der Waals surface area (Å²) in [5.41, 5.74) is 3.82. The molecule has 2 N–H and O–H groups in total. The Labute approximate surface area is 141 Å². The van der Waals surface area contributed by atoms with E-state index in [1.54, 1.807) is 0 Å². The van der Waals surface area contributed by atoms with Crippen LogP contribution in [0.1, 0.15) is 22.3 Å². The highest BCUT2D eigenvalue weighted by molar-refractivity contribution is 5.80. The van der Waals surface area contributed by atoms with E-state index in [2.05, 4.69) is 5.32 Å². The van der Waals surface area contributed by atoms with E-state index in [9.17, 15) is 14.7 Å². The number of hydrogen-bond donors (Lipinski definition) is 2. The lowest BCUT2D eigenvalue weighted by atomic mass is 10.0. The summed E-state index contributed by atoms with van der Waals surface area (Å²) in [7, 11) is 0. The molecule has 24 heavy (non-hydrogen) atoms. The van der Waals surface area contributed by atoms with E-state index in [4.69, 9.17) is 4.74 Å². The largest absolute Gasteiger partial charge is 0.480 e. The molecule has 5 nitrogen and oxygen atoms in total. The second kappa shape index (κ2) is 8.15. The molecular formula is C19H21NO4. The Kier molecular flexibility index (Phi) is 5.95. The van der Waals surface area contributed by atoms with Crippen LogP contribution in [-0.4, -0.2) is 23.2 Å². The number of aryl methyl sites for hydroxylation is 2. The molecule has 0 spiro atoms. The van der Waals surface area contributed by atoms with Crippen molar-refractivity contribution in [2.75, 3.05) is 0 Å². The zero-order chi connectivity index (χ0) is 17.5. The third-order valence-corrected chi connectivity index (χ3v) is 3.52. The summed E-state index contributed by atoms with van der Waals surface area (Å²) in [5, 5.41) is 11.8. The molecule has 0 fully saturated rings. The maximum Gasteiger partial charge on any atom is 0.408 e. The number of carboxylic acid groups (broad SMARTS) is 1. The Morgan fingerprint density at radius 1 is 1.04 bits per heavy atom. The summed E-state index contributed by atoms with van der Waals surface area (Å²) in [6.45, 7) is 4.00. The fourth-order valence-corrected chi connectivity index (χ4v) is 2.53. The highest BCUT2D eigenvalue weighted by atomic mass is 16.5. The normalized spacial score (nSPS) is 11.6. The van der Waals surface area contributed by atoms with Crippen molar-refractivity contribution in [3.05, 3.63) is 70.8 Å². The Morgan fingerprint density at radius 2 is 1.67 bits per heavy atom. The zero-order valence-corrected chi connectivity index (χ0v) is 13.8. The van der Waals surface area contributed by atoms with Gasteiger partial charge in [-0.15, -0.1) is 0 Å². The van der Waals surface area contributed by atoms with Gasteiger partial charge in [0.15, 0.2) is 0 Å². The molecule has 1 amide bonds. The van der Waals surface area contributed by atoms with E-state index < -0.39 is 18.1 Å². The maximum atomic E-state index is 11.9. The SMILES string of the molecule is Cc1cc(C)cc(C[C@H](NC(=O)OCc2ccccc2)C(=O)O)c1. The quantitative estimate of drug-likeness (QED) is 0.854. The number of benzene rings is 2. The van der Waals surface area contributed by atoms with Gasteiger partial charge in [-0.25, -0.2) is 9.59 Å². The van der Waals surface area contributed by atoms with Gasteiger partial charge in [0.1, 0.15) is 12.6 Å². The smallest absolute Gasteiger partial charge is 0.408 e. The van der Waals surface area contributed by atoms with Gasteiger partial charge in [0, 0.05) is 6.42 Å². The lowest BCUT2D eigenvalue weighted by Crippen LogP contribution is -2.42. The van der Waals surface area contributed by atoms with Crippen molar-refractivity contribution in [3.8, 4) is 0 Å². The number of aliphatic carboxylic acids is 1. The second-order valence-corrected chi connectivity index (χ2v) is 5.80. The number of nitrogens with one attached hydrogen (secondary N) is 1. The van der Waals surface area contributed by atoms with Crippen LogP contribution < -0.4 is 5.32 Å². The first-order valence-electron chi connectivity index (χ1n) is 7.71. The number of carbonyl (C=O) groups is 2. The monoisotopic (exact) mass is 327 g/mol. The molecular weight excluding hydrogens is 306 g/mol. The van der Waals surface area contributed by atoms with Crippen molar-refractivity contribution >= 4 is 12.1 Å². The molecule has 0 radical (unpaired) electrons. The Hall–Kier alpha value is -2.82. The van der Waals surface area contributed by atoms with E-state index in [0.717, 1.165) is 22.3 Å². The van der Waals surface area contributed by atoms with Crippen LogP contribution in [0.4, 0.5) is 4.79 Å². The van der Waals surface area contributed by atoms with E-state index in [-0.39, 0.29) is 13.0 Å². The van der Waals surface area contributed by atoms with Crippen molar-refractivity contribution in [2.45, 2.75) is 32.9 Å². The Morgan fingerprint density at radius 3 is 2.25 bits per heavy atom. The minimum Gasteiger partial charge on any atom is -0.480 e. The molecule has 0 aliphatic carbocycles. The van der Waals surface area contributed by atoms with Crippen molar-refractivity contribution in [2.24, 2.45) is 0 Å². The van der Waals surface area contributed by atoms with Crippen LogP contribution in [0.2, 0.25) is 0 Å². The lowest BCUT2D eigenvalue weighted by Gasteiger charge is -2.15. The van der Waals surface area contributed by atoms with Crippen molar-refractivity contribution in [3.63, 3.8) is 0 Å². The molecule has 2 aromatic rings. The van der Waals surface area contributed by atoms with Crippen LogP contribution in [-0.2, 0) is 22.6 Å². The summed E-state index contributed by atoms with van der Waals surface area (Å²) in [4.78, 5) is 23.3. The summed E-state index contributed by atoms with van der Waals surface area (Å²) in [6.07, 6.45) is -0.534. The molecule has 5 heteroatoms. The Bertz CT molecular complexity index is 692. The van der Waals surface area contributed by atoms with Crippen LogP contribution in [0.25, 0.3) is 0 Å². The minimum atomic E-state index is -1.09. The van der Waals surface area contributed by atoms with Crippen LogP contribution in [0.5, 0.6) is 0 Å². The molecule has 2 aromatic carbocycles. The first-order chi connectivity index (χ1) is 11.4. The highest BCUT2D eigenvalue weighted by Gasteiger charge is 2.21. The van der Waals surface area contributed by atoms with Crippen LogP contribution in [0, 0.1) is 13.8 Å². The van der Waals surface area contributed by atoms with Crippen molar-refractivity contribution in [1.29, 1.82) is 0 Å². The molecule has 0 saturated heterocycles. The van der Waals surface area contributed by atoms with E-state index in [0.29, 0.717) is 0 Å². The third kappa shape index (κ3) is 5.43. The number of carbonyl (C=O) groups excluding carboxylic acids is 1. The summed E-state index contributed by atoms with van der Waals surface area (Å²) in [6, 6.07) is 14.0. The number of hydrogen-bond acceptors (Lipinski definition) is 3. The van der Waals surface area contributed by atoms with E-state index in [1.165, 1.54) is 0 Å². The average Bonchev–Trinajstić information content (AvgIpc) is 2.52. The fourth-order valence-electron chi connectivity index (χ4n) is 2.53. The number of carboxylic acids is 1. The standard InChI is InChI=1S/C19H21NO4/c1-13-8-14(2)10-16(9-13)11-17(18(21)22)20-19(23)24-12-15-6-4-3-5-7-15/h3-10,17H,11-12H2,1-2H3,(H,20,23)(H,21,22)/t17-/m0/s1. The topological polar surface area (TPSA) is 75.6 Å².